The van der Waals surface area contributed by atoms with Crippen molar-refractivity contribution in [1.29, 1.82) is 0 Å². The molecule has 0 unspecified atom stereocenters. The smallest absolute Gasteiger partial charge is 0.255 e. The minimum absolute atomic E-state index is 0.100. The number of carbonyl (C=O) groups excluding carboxylic acids is 1. The number of hydrogen-bond acceptors (Lipinski definition) is 3. The van der Waals surface area contributed by atoms with Crippen molar-refractivity contribution < 1.29 is 9.53 Å². The molecule has 0 aliphatic rings. The van der Waals surface area contributed by atoms with Gasteiger partial charge in [-0.25, -0.2) is 4.98 Å². The Morgan fingerprint density at radius 1 is 1.35 bits per heavy atom. The van der Waals surface area contributed by atoms with Gasteiger partial charge in [0.1, 0.15) is 10.9 Å². The molecular weight excluding hydrogens is 276 g/mol. The highest BCUT2D eigenvalue weighted by atomic mass is 35.5. The standard InChI is InChI=1S/C15H15ClN2O2/c1-18(10-11-4-3-5-13(8-11)20-2)15(19)12-6-7-14(16)17-9-12/h3-9H,10H2,1-2H3. The lowest BCUT2D eigenvalue weighted by molar-refractivity contribution is 0.0784. The molecule has 0 spiro atoms. The summed E-state index contributed by atoms with van der Waals surface area (Å²) in [5, 5.41) is 0.372. The number of nitrogens with zero attached hydrogens (tertiary/aromatic N) is 2. The van der Waals surface area contributed by atoms with Crippen LogP contribution in [-0.4, -0.2) is 29.9 Å². The minimum atomic E-state index is -0.100. The van der Waals surface area contributed by atoms with E-state index in [1.54, 1.807) is 31.2 Å². The second-order valence-electron chi connectivity index (χ2n) is 4.38. The topological polar surface area (TPSA) is 42.4 Å². The van der Waals surface area contributed by atoms with Gasteiger partial charge in [-0.2, -0.15) is 0 Å². The lowest BCUT2D eigenvalue weighted by Crippen LogP contribution is -2.26. The van der Waals surface area contributed by atoms with Gasteiger partial charge in [0.05, 0.1) is 12.7 Å². The number of amides is 1. The quantitative estimate of drug-likeness (QED) is 0.813. The molecule has 0 saturated heterocycles. The van der Waals surface area contributed by atoms with Crippen LogP contribution in [0.15, 0.2) is 42.6 Å². The molecule has 20 heavy (non-hydrogen) atoms. The highest BCUT2D eigenvalue weighted by Gasteiger charge is 2.12. The van der Waals surface area contributed by atoms with E-state index in [2.05, 4.69) is 4.98 Å². The summed E-state index contributed by atoms with van der Waals surface area (Å²) in [4.78, 5) is 17.8. The molecule has 1 heterocycles. The largest absolute Gasteiger partial charge is 0.497 e. The summed E-state index contributed by atoms with van der Waals surface area (Å²) in [7, 11) is 3.36. The molecule has 0 aliphatic heterocycles. The summed E-state index contributed by atoms with van der Waals surface area (Å²) in [6.45, 7) is 0.499. The van der Waals surface area contributed by atoms with Crippen LogP contribution in [0.25, 0.3) is 0 Å². The summed E-state index contributed by atoms with van der Waals surface area (Å²) >= 11 is 5.71. The first kappa shape index (κ1) is 14.3. The van der Waals surface area contributed by atoms with Crippen molar-refractivity contribution in [2.45, 2.75) is 6.54 Å². The van der Waals surface area contributed by atoms with Gasteiger partial charge in [-0.15, -0.1) is 0 Å². The summed E-state index contributed by atoms with van der Waals surface area (Å²) in [6, 6.07) is 10.9. The third-order valence-electron chi connectivity index (χ3n) is 2.87. The van der Waals surface area contributed by atoms with Crippen molar-refractivity contribution in [1.82, 2.24) is 9.88 Å². The third kappa shape index (κ3) is 3.48. The minimum Gasteiger partial charge on any atom is -0.497 e. The number of rotatable bonds is 4. The molecule has 0 radical (unpaired) electrons. The first-order chi connectivity index (χ1) is 9.60. The van der Waals surface area contributed by atoms with Crippen LogP contribution in [0.1, 0.15) is 15.9 Å². The zero-order valence-electron chi connectivity index (χ0n) is 11.3. The number of benzene rings is 1. The number of hydrogen-bond donors (Lipinski definition) is 0. The molecule has 0 fully saturated rings. The Balaban J connectivity index is 2.09. The van der Waals surface area contributed by atoms with Gasteiger partial charge in [0.15, 0.2) is 0 Å². The van der Waals surface area contributed by atoms with Gasteiger partial charge in [0.25, 0.3) is 5.91 Å². The first-order valence-corrected chi connectivity index (χ1v) is 6.48. The van der Waals surface area contributed by atoms with Gasteiger partial charge in [-0.05, 0) is 29.8 Å². The number of carbonyl (C=O) groups is 1. The van der Waals surface area contributed by atoms with E-state index >= 15 is 0 Å². The van der Waals surface area contributed by atoms with E-state index in [1.165, 1.54) is 6.20 Å². The normalized spacial score (nSPS) is 10.2. The molecule has 0 saturated carbocycles. The van der Waals surface area contributed by atoms with Crippen molar-refractivity contribution >= 4 is 17.5 Å². The fourth-order valence-corrected chi connectivity index (χ4v) is 1.95. The molecule has 0 atom stereocenters. The van der Waals surface area contributed by atoms with Gasteiger partial charge in [-0.3, -0.25) is 4.79 Å². The highest BCUT2D eigenvalue weighted by molar-refractivity contribution is 6.29. The fourth-order valence-electron chi connectivity index (χ4n) is 1.84. The van der Waals surface area contributed by atoms with Gasteiger partial charge in [0, 0.05) is 19.8 Å². The average Bonchev–Trinajstić information content (AvgIpc) is 2.47. The van der Waals surface area contributed by atoms with E-state index < -0.39 is 0 Å². The number of pyridine rings is 1. The molecular formula is C15H15ClN2O2. The Kier molecular flexibility index (Phi) is 4.58. The molecule has 0 bridgehead atoms. The predicted molar refractivity (Wildman–Crippen MR) is 78.0 cm³/mol. The Bertz CT molecular complexity index is 599. The van der Waals surface area contributed by atoms with E-state index in [9.17, 15) is 4.79 Å². The SMILES string of the molecule is COc1cccc(CN(C)C(=O)c2ccc(Cl)nc2)c1. The maximum absolute atomic E-state index is 12.2. The van der Waals surface area contributed by atoms with Crippen LogP contribution < -0.4 is 4.74 Å². The van der Waals surface area contributed by atoms with E-state index in [-0.39, 0.29) is 5.91 Å². The van der Waals surface area contributed by atoms with Crippen molar-refractivity contribution in [3.63, 3.8) is 0 Å². The summed E-state index contributed by atoms with van der Waals surface area (Å²) in [5.41, 5.74) is 1.52. The third-order valence-corrected chi connectivity index (χ3v) is 3.10. The van der Waals surface area contributed by atoms with Crippen molar-refractivity contribution in [2.24, 2.45) is 0 Å². The van der Waals surface area contributed by atoms with Crippen LogP contribution in [0.4, 0.5) is 0 Å². The van der Waals surface area contributed by atoms with E-state index in [0.717, 1.165) is 11.3 Å². The molecule has 1 aromatic heterocycles. The molecule has 4 nitrogen and oxygen atoms in total. The van der Waals surface area contributed by atoms with Crippen LogP contribution in [0.5, 0.6) is 5.75 Å². The van der Waals surface area contributed by atoms with E-state index in [0.29, 0.717) is 17.3 Å². The predicted octanol–water partition coefficient (Wildman–Crippen LogP) is 3.02. The maximum Gasteiger partial charge on any atom is 0.255 e. The molecule has 1 aromatic carbocycles. The zero-order valence-corrected chi connectivity index (χ0v) is 12.1. The highest BCUT2D eigenvalue weighted by Crippen LogP contribution is 2.15. The molecule has 104 valence electrons. The summed E-state index contributed by atoms with van der Waals surface area (Å²) < 4.78 is 5.17. The van der Waals surface area contributed by atoms with Crippen LogP contribution in [-0.2, 0) is 6.54 Å². The Morgan fingerprint density at radius 2 is 2.15 bits per heavy atom. The van der Waals surface area contributed by atoms with Crippen LogP contribution >= 0.6 is 11.6 Å². The number of aromatic nitrogens is 1. The summed E-state index contributed by atoms with van der Waals surface area (Å²) in [5.74, 6) is 0.675. The second kappa shape index (κ2) is 6.39. The molecule has 5 heteroatoms. The molecule has 2 rings (SSSR count). The van der Waals surface area contributed by atoms with Gasteiger partial charge >= 0.3 is 0 Å². The van der Waals surface area contributed by atoms with Gasteiger partial charge < -0.3 is 9.64 Å². The summed E-state index contributed by atoms with van der Waals surface area (Å²) in [6.07, 6.45) is 1.48. The Morgan fingerprint density at radius 3 is 2.80 bits per heavy atom. The van der Waals surface area contributed by atoms with Crippen molar-refractivity contribution in [3.05, 3.63) is 58.9 Å². The van der Waals surface area contributed by atoms with Crippen LogP contribution in [0.3, 0.4) is 0 Å². The van der Waals surface area contributed by atoms with Crippen molar-refractivity contribution in [2.75, 3.05) is 14.2 Å². The lowest BCUT2D eigenvalue weighted by atomic mass is 10.2. The van der Waals surface area contributed by atoms with Gasteiger partial charge in [0.2, 0.25) is 0 Å². The fraction of sp³-hybridized carbons (Fsp3) is 0.200. The van der Waals surface area contributed by atoms with E-state index in [1.807, 2.05) is 24.3 Å². The first-order valence-electron chi connectivity index (χ1n) is 6.10. The molecule has 2 aromatic rings. The van der Waals surface area contributed by atoms with Gasteiger partial charge in [-0.1, -0.05) is 23.7 Å². The van der Waals surface area contributed by atoms with E-state index in [4.69, 9.17) is 16.3 Å². The zero-order chi connectivity index (χ0) is 14.5. The second-order valence-corrected chi connectivity index (χ2v) is 4.77. The van der Waals surface area contributed by atoms with Crippen molar-refractivity contribution in [3.8, 4) is 5.75 Å². The molecule has 1 amide bonds. The number of ether oxygens (including phenoxy) is 1. The number of halogens is 1. The Labute approximate surface area is 123 Å². The maximum atomic E-state index is 12.2. The lowest BCUT2D eigenvalue weighted by Gasteiger charge is -2.17. The average molecular weight is 291 g/mol. The monoisotopic (exact) mass is 290 g/mol. The van der Waals surface area contributed by atoms with Crippen LogP contribution in [0, 0.1) is 0 Å². The molecule has 0 N–H and O–H groups in total. The Hall–Kier alpha value is -2.07. The molecule has 0 aliphatic carbocycles. The number of methoxy groups -OCH3 is 1. The van der Waals surface area contributed by atoms with Crippen LogP contribution in [0.2, 0.25) is 5.15 Å².